The first-order valence-electron chi connectivity index (χ1n) is 6.32. The first-order chi connectivity index (χ1) is 9.74. The second-order valence-electron chi connectivity index (χ2n) is 5.00. The molecule has 5 nitrogen and oxygen atoms in total. The summed E-state index contributed by atoms with van der Waals surface area (Å²) in [5, 5.41) is 2.50. The molecule has 8 heteroatoms. The zero-order valence-electron chi connectivity index (χ0n) is 11.3. The van der Waals surface area contributed by atoms with Crippen LogP contribution in [0.1, 0.15) is 12.0 Å². The first-order valence-corrected chi connectivity index (χ1v) is 6.32. The van der Waals surface area contributed by atoms with E-state index in [1.54, 1.807) is 18.3 Å². The Labute approximate surface area is 119 Å². The molecule has 1 aromatic rings. The van der Waals surface area contributed by atoms with Crippen molar-refractivity contribution in [3.63, 3.8) is 0 Å². The fourth-order valence-electron chi connectivity index (χ4n) is 2.09. The predicted molar refractivity (Wildman–Crippen MR) is 68.3 cm³/mol. The summed E-state index contributed by atoms with van der Waals surface area (Å²) in [6, 6.07) is 3.34. The van der Waals surface area contributed by atoms with Crippen molar-refractivity contribution in [2.75, 3.05) is 18.4 Å². The second-order valence-corrected chi connectivity index (χ2v) is 5.00. The van der Waals surface area contributed by atoms with Gasteiger partial charge in [-0.05, 0) is 18.6 Å². The quantitative estimate of drug-likeness (QED) is 0.925. The molecule has 2 heterocycles. The summed E-state index contributed by atoms with van der Waals surface area (Å²) in [4.78, 5) is 28.1. The number of nitrogens with one attached hydrogen (secondary N) is 1. The number of aryl methyl sites for hydroxylation is 1. The van der Waals surface area contributed by atoms with E-state index in [1.165, 1.54) is 0 Å². The van der Waals surface area contributed by atoms with Crippen LogP contribution in [-0.4, -0.2) is 41.0 Å². The monoisotopic (exact) mass is 301 g/mol. The van der Waals surface area contributed by atoms with E-state index < -0.39 is 30.5 Å². The molecule has 2 rings (SSSR count). The molecule has 1 fully saturated rings. The third-order valence-corrected chi connectivity index (χ3v) is 3.12. The fourth-order valence-corrected chi connectivity index (χ4v) is 2.09. The highest BCUT2D eigenvalue weighted by atomic mass is 19.4. The Bertz CT molecular complexity index is 543. The maximum Gasteiger partial charge on any atom is 0.406 e. The molecule has 1 saturated heterocycles. The van der Waals surface area contributed by atoms with E-state index in [1.807, 2.05) is 6.92 Å². The molecule has 0 bridgehead atoms. The first kappa shape index (κ1) is 15.3. The number of anilines is 1. The highest BCUT2D eigenvalue weighted by Crippen LogP contribution is 2.24. The lowest BCUT2D eigenvalue weighted by Gasteiger charge is -2.18. The molecule has 0 unspecified atom stereocenters. The lowest BCUT2D eigenvalue weighted by atomic mass is 10.1. The van der Waals surface area contributed by atoms with E-state index in [2.05, 4.69) is 10.3 Å². The van der Waals surface area contributed by atoms with Crippen molar-refractivity contribution >= 4 is 17.6 Å². The van der Waals surface area contributed by atoms with Gasteiger partial charge in [-0.15, -0.1) is 0 Å². The molecular formula is C13H14F3N3O2. The smallest absolute Gasteiger partial charge is 0.333 e. The molecular weight excluding hydrogens is 287 g/mol. The van der Waals surface area contributed by atoms with Crippen LogP contribution in [0.25, 0.3) is 0 Å². The van der Waals surface area contributed by atoms with Crippen LogP contribution in [0.3, 0.4) is 0 Å². The highest BCUT2D eigenvalue weighted by Gasteiger charge is 2.40. The zero-order valence-corrected chi connectivity index (χ0v) is 11.3. The molecule has 2 amide bonds. The lowest BCUT2D eigenvalue weighted by Crippen LogP contribution is -2.36. The molecule has 1 N–H and O–H groups in total. The standard InChI is InChI=1S/C13H14F3N3O2/c1-8-2-3-10(17-5-8)18-12(21)9-4-11(20)19(6-9)7-13(14,15)16/h2-3,5,9H,4,6-7H2,1H3,(H,17,18,21)/t9-/m1/s1. The van der Waals surface area contributed by atoms with E-state index >= 15 is 0 Å². The Morgan fingerprint density at radius 2 is 2.19 bits per heavy atom. The topological polar surface area (TPSA) is 62.3 Å². The van der Waals surface area contributed by atoms with Crippen LogP contribution in [0.2, 0.25) is 0 Å². The maximum absolute atomic E-state index is 12.3. The summed E-state index contributed by atoms with van der Waals surface area (Å²) >= 11 is 0. The van der Waals surface area contributed by atoms with E-state index in [0.29, 0.717) is 10.7 Å². The van der Waals surface area contributed by atoms with Crippen LogP contribution in [0.4, 0.5) is 19.0 Å². The Hall–Kier alpha value is -2.12. The van der Waals surface area contributed by atoms with E-state index in [0.717, 1.165) is 5.56 Å². The number of nitrogens with zero attached hydrogens (tertiary/aromatic N) is 2. The molecule has 0 radical (unpaired) electrons. The van der Waals surface area contributed by atoms with Gasteiger partial charge in [-0.25, -0.2) is 4.98 Å². The van der Waals surface area contributed by atoms with Gasteiger partial charge in [0.2, 0.25) is 11.8 Å². The van der Waals surface area contributed by atoms with Gasteiger partial charge in [-0.1, -0.05) is 6.07 Å². The number of halogens is 3. The Morgan fingerprint density at radius 1 is 1.48 bits per heavy atom. The number of likely N-dealkylation sites (tertiary alicyclic amines) is 1. The molecule has 0 aromatic carbocycles. The number of aromatic nitrogens is 1. The zero-order chi connectivity index (χ0) is 15.6. The van der Waals surface area contributed by atoms with Gasteiger partial charge in [0.25, 0.3) is 0 Å². The largest absolute Gasteiger partial charge is 0.406 e. The summed E-state index contributed by atoms with van der Waals surface area (Å²) in [6.07, 6.45) is -3.11. The molecule has 1 aliphatic rings. The Balaban J connectivity index is 1.95. The van der Waals surface area contributed by atoms with Crippen molar-refractivity contribution < 1.29 is 22.8 Å². The van der Waals surface area contributed by atoms with Crippen molar-refractivity contribution in [2.45, 2.75) is 19.5 Å². The number of amides is 2. The molecule has 0 aliphatic carbocycles. The molecule has 0 spiro atoms. The number of rotatable bonds is 3. The van der Waals surface area contributed by atoms with Gasteiger partial charge in [0.15, 0.2) is 0 Å². The van der Waals surface area contributed by atoms with Gasteiger partial charge >= 0.3 is 6.18 Å². The summed E-state index contributed by atoms with van der Waals surface area (Å²) in [7, 11) is 0. The van der Waals surface area contributed by atoms with Gasteiger partial charge in [0.05, 0.1) is 5.92 Å². The average Bonchev–Trinajstić information content (AvgIpc) is 2.72. The fraction of sp³-hybridized carbons (Fsp3) is 0.462. The van der Waals surface area contributed by atoms with E-state index in [-0.39, 0.29) is 13.0 Å². The number of carbonyl (C=O) groups excluding carboxylic acids is 2. The second kappa shape index (κ2) is 5.71. The van der Waals surface area contributed by atoms with Crippen LogP contribution in [0.5, 0.6) is 0 Å². The van der Waals surface area contributed by atoms with Gasteiger partial charge in [-0.3, -0.25) is 9.59 Å². The average molecular weight is 301 g/mol. The molecule has 114 valence electrons. The van der Waals surface area contributed by atoms with Crippen molar-refractivity contribution in [3.05, 3.63) is 23.9 Å². The van der Waals surface area contributed by atoms with Crippen molar-refractivity contribution in [1.82, 2.24) is 9.88 Å². The minimum absolute atomic E-state index is 0.215. The SMILES string of the molecule is Cc1ccc(NC(=O)[C@@H]2CC(=O)N(CC(F)(F)F)C2)nc1. The van der Waals surface area contributed by atoms with Gasteiger partial charge in [-0.2, -0.15) is 13.2 Å². The molecule has 1 atom stereocenters. The third-order valence-electron chi connectivity index (χ3n) is 3.12. The summed E-state index contributed by atoms with van der Waals surface area (Å²) < 4.78 is 36.9. The summed E-state index contributed by atoms with van der Waals surface area (Å²) in [6.45, 7) is 0.289. The van der Waals surface area contributed by atoms with Crippen LogP contribution in [-0.2, 0) is 9.59 Å². The van der Waals surface area contributed by atoms with Crippen LogP contribution in [0, 0.1) is 12.8 Å². The third kappa shape index (κ3) is 4.17. The van der Waals surface area contributed by atoms with Gasteiger partial charge < -0.3 is 10.2 Å². The van der Waals surface area contributed by atoms with E-state index in [9.17, 15) is 22.8 Å². The number of carbonyl (C=O) groups is 2. The minimum Gasteiger partial charge on any atom is -0.333 e. The summed E-state index contributed by atoms with van der Waals surface area (Å²) in [5.74, 6) is -1.64. The number of pyridine rings is 1. The highest BCUT2D eigenvalue weighted by molar-refractivity contribution is 5.96. The molecule has 1 aromatic heterocycles. The molecule has 0 saturated carbocycles. The molecule has 1 aliphatic heterocycles. The predicted octanol–water partition coefficient (Wildman–Crippen LogP) is 1.74. The number of hydrogen-bond acceptors (Lipinski definition) is 3. The van der Waals surface area contributed by atoms with Gasteiger partial charge in [0, 0.05) is 19.2 Å². The van der Waals surface area contributed by atoms with Crippen LogP contribution in [0.15, 0.2) is 18.3 Å². The molecule has 21 heavy (non-hydrogen) atoms. The van der Waals surface area contributed by atoms with Crippen molar-refractivity contribution in [3.8, 4) is 0 Å². The maximum atomic E-state index is 12.3. The van der Waals surface area contributed by atoms with Gasteiger partial charge in [0.1, 0.15) is 12.4 Å². The Morgan fingerprint density at radius 3 is 2.76 bits per heavy atom. The van der Waals surface area contributed by atoms with Crippen LogP contribution < -0.4 is 5.32 Å². The van der Waals surface area contributed by atoms with Crippen molar-refractivity contribution in [1.29, 1.82) is 0 Å². The van der Waals surface area contributed by atoms with Crippen molar-refractivity contribution in [2.24, 2.45) is 5.92 Å². The number of hydrogen-bond donors (Lipinski definition) is 1. The number of alkyl halides is 3. The lowest BCUT2D eigenvalue weighted by molar-refractivity contribution is -0.157. The van der Waals surface area contributed by atoms with E-state index in [4.69, 9.17) is 0 Å². The normalized spacial score (nSPS) is 19.0. The Kier molecular flexibility index (Phi) is 4.15. The summed E-state index contributed by atoms with van der Waals surface area (Å²) in [5.41, 5.74) is 0.917. The van der Waals surface area contributed by atoms with Crippen LogP contribution >= 0.6 is 0 Å². The minimum atomic E-state index is -4.46.